The minimum Gasteiger partial charge on any atom is -0.493 e. The third-order valence-corrected chi connectivity index (χ3v) is 5.12. The van der Waals surface area contributed by atoms with Gasteiger partial charge in [0.2, 0.25) is 0 Å². The van der Waals surface area contributed by atoms with Gasteiger partial charge in [-0.05, 0) is 40.8 Å². The predicted octanol–water partition coefficient (Wildman–Crippen LogP) is 3.39. The highest BCUT2D eigenvalue weighted by molar-refractivity contribution is 7.19. The summed E-state index contributed by atoms with van der Waals surface area (Å²) < 4.78 is 6.86. The number of ether oxygens (including phenoxy) is 1. The van der Waals surface area contributed by atoms with E-state index < -0.39 is 0 Å². The fraction of sp³-hybridized carbons (Fsp3) is 0.176. The van der Waals surface area contributed by atoms with Crippen LogP contribution in [0.2, 0.25) is 0 Å². The molecule has 1 aliphatic heterocycles. The zero-order valence-electron chi connectivity index (χ0n) is 11.5. The number of nitrogens with two attached hydrogens (primary N) is 1. The minimum absolute atomic E-state index is 0.0216. The molecule has 0 saturated heterocycles. The van der Waals surface area contributed by atoms with Crippen molar-refractivity contribution in [2.45, 2.75) is 12.5 Å². The van der Waals surface area contributed by atoms with E-state index in [1.165, 1.54) is 26.1 Å². The van der Waals surface area contributed by atoms with Crippen LogP contribution in [0.3, 0.4) is 0 Å². The van der Waals surface area contributed by atoms with E-state index in [9.17, 15) is 0 Å². The van der Waals surface area contributed by atoms with E-state index >= 15 is 0 Å². The lowest BCUT2D eigenvalue weighted by Gasteiger charge is -2.15. The second-order valence-corrected chi connectivity index (χ2v) is 6.37. The van der Waals surface area contributed by atoms with Gasteiger partial charge in [-0.25, -0.2) is 5.43 Å². The van der Waals surface area contributed by atoms with Crippen LogP contribution in [-0.2, 0) is 6.42 Å². The van der Waals surface area contributed by atoms with Crippen molar-refractivity contribution in [2.24, 2.45) is 5.84 Å². The molecule has 0 bridgehead atoms. The zero-order chi connectivity index (χ0) is 14.2. The summed E-state index contributed by atoms with van der Waals surface area (Å²) in [6.45, 7) is 0.780. The highest BCUT2D eigenvalue weighted by atomic mass is 32.1. The Labute approximate surface area is 127 Å². The molecule has 1 unspecified atom stereocenters. The van der Waals surface area contributed by atoms with Gasteiger partial charge in [0.05, 0.1) is 12.6 Å². The largest absolute Gasteiger partial charge is 0.493 e. The lowest BCUT2D eigenvalue weighted by molar-refractivity contribution is 0.357. The van der Waals surface area contributed by atoms with Gasteiger partial charge in [-0.3, -0.25) is 5.84 Å². The van der Waals surface area contributed by atoms with E-state index in [0.29, 0.717) is 0 Å². The second-order valence-electron chi connectivity index (χ2n) is 5.25. The number of nitrogens with one attached hydrogen (secondary N) is 1. The van der Waals surface area contributed by atoms with E-state index in [1.807, 2.05) is 0 Å². The van der Waals surface area contributed by atoms with Gasteiger partial charge in [-0.15, -0.1) is 11.3 Å². The van der Waals surface area contributed by atoms with Gasteiger partial charge < -0.3 is 4.74 Å². The van der Waals surface area contributed by atoms with E-state index in [4.69, 9.17) is 10.6 Å². The van der Waals surface area contributed by atoms with Crippen LogP contribution in [0.4, 0.5) is 0 Å². The molecular formula is C17H16N2OS. The van der Waals surface area contributed by atoms with Crippen LogP contribution >= 0.6 is 11.3 Å². The van der Waals surface area contributed by atoms with Crippen LogP contribution in [-0.4, -0.2) is 6.61 Å². The summed E-state index contributed by atoms with van der Waals surface area (Å²) in [5.41, 5.74) is 5.42. The molecular weight excluding hydrogens is 280 g/mol. The van der Waals surface area contributed by atoms with Gasteiger partial charge in [-0.2, -0.15) is 0 Å². The van der Waals surface area contributed by atoms with Gasteiger partial charge >= 0.3 is 0 Å². The summed E-state index contributed by atoms with van der Waals surface area (Å²) >= 11 is 1.78. The zero-order valence-corrected chi connectivity index (χ0v) is 12.3. The van der Waals surface area contributed by atoms with Crippen LogP contribution in [0.1, 0.15) is 22.0 Å². The Bertz CT molecular complexity index is 763. The van der Waals surface area contributed by atoms with E-state index in [1.54, 1.807) is 11.3 Å². The van der Waals surface area contributed by atoms with Crippen molar-refractivity contribution in [3.8, 4) is 5.75 Å². The maximum absolute atomic E-state index is 5.83. The number of thiophene rings is 1. The van der Waals surface area contributed by atoms with E-state index in [0.717, 1.165) is 18.8 Å². The molecule has 1 aromatic heterocycles. The summed E-state index contributed by atoms with van der Waals surface area (Å²) in [6.07, 6.45) is 0.979. The third-order valence-electron chi connectivity index (χ3n) is 3.94. The molecule has 3 nitrogen and oxygen atoms in total. The Morgan fingerprint density at radius 3 is 2.90 bits per heavy atom. The topological polar surface area (TPSA) is 47.3 Å². The van der Waals surface area contributed by atoms with Gasteiger partial charge in [0.1, 0.15) is 5.75 Å². The lowest BCUT2D eigenvalue weighted by Crippen LogP contribution is -2.28. The molecule has 3 N–H and O–H groups in total. The number of benzene rings is 2. The monoisotopic (exact) mass is 296 g/mol. The molecule has 1 aliphatic rings. The molecule has 4 rings (SSSR count). The van der Waals surface area contributed by atoms with Crippen LogP contribution < -0.4 is 16.0 Å². The number of hydrogen-bond donors (Lipinski definition) is 2. The van der Waals surface area contributed by atoms with Crippen molar-refractivity contribution in [1.82, 2.24) is 5.43 Å². The third kappa shape index (κ3) is 2.21. The number of rotatable bonds is 3. The Hall–Kier alpha value is -1.88. The molecule has 4 heteroatoms. The molecule has 2 aromatic carbocycles. The van der Waals surface area contributed by atoms with Crippen LogP contribution in [0, 0.1) is 0 Å². The summed E-state index contributed by atoms with van der Waals surface area (Å²) in [5.74, 6) is 6.83. The standard InChI is InChI=1S/C17H16N2OS/c18-19-17(13-5-6-14-11(9-13)7-8-20-14)16-10-12-3-1-2-4-15(12)21-16/h1-6,9-10,17,19H,7-8,18H2. The van der Waals surface area contributed by atoms with Crippen molar-refractivity contribution in [3.05, 3.63) is 64.5 Å². The Kier molecular flexibility index (Phi) is 3.15. The second kappa shape index (κ2) is 5.15. The normalized spacial score (nSPS) is 14.9. The Morgan fingerprint density at radius 2 is 2.05 bits per heavy atom. The first-order valence-corrected chi connectivity index (χ1v) is 7.87. The molecule has 0 fully saturated rings. The first kappa shape index (κ1) is 12.8. The molecule has 0 radical (unpaired) electrons. The van der Waals surface area contributed by atoms with Gasteiger partial charge in [-0.1, -0.05) is 24.3 Å². The molecule has 106 valence electrons. The van der Waals surface area contributed by atoms with Crippen LogP contribution in [0.5, 0.6) is 5.75 Å². The van der Waals surface area contributed by atoms with Crippen molar-refractivity contribution >= 4 is 21.4 Å². The highest BCUT2D eigenvalue weighted by Gasteiger charge is 2.19. The average Bonchev–Trinajstić information content (AvgIpc) is 3.13. The fourth-order valence-electron chi connectivity index (χ4n) is 2.87. The highest BCUT2D eigenvalue weighted by Crippen LogP contribution is 2.35. The molecule has 3 aromatic rings. The van der Waals surface area contributed by atoms with Crippen molar-refractivity contribution in [2.75, 3.05) is 6.61 Å². The minimum atomic E-state index is 0.0216. The maximum atomic E-state index is 5.83. The smallest absolute Gasteiger partial charge is 0.122 e. The fourth-order valence-corrected chi connectivity index (χ4v) is 4.03. The maximum Gasteiger partial charge on any atom is 0.122 e. The van der Waals surface area contributed by atoms with E-state index in [-0.39, 0.29) is 6.04 Å². The van der Waals surface area contributed by atoms with Crippen LogP contribution in [0.15, 0.2) is 48.5 Å². The van der Waals surface area contributed by atoms with E-state index in [2.05, 4.69) is 54.0 Å². The van der Waals surface area contributed by atoms with Crippen molar-refractivity contribution < 1.29 is 4.74 Å². The summed E-state index contributed by atoms with van der Waals surface area (Å²) in [7, 11) is 0. The Balaban J connectivity index is 1.77. The number of fused-ring (bicyclic) bond motifs is 2. The molecule has 0 aliphatic carbocycles. The summed E-state index contributed by atoms with van der Waals surface area (Å²) in [4.78, 5) is 1.23. The number of hydrazine groups is 1. The van der Waals surface area contributed by atoms with Crippen molar-refractivity contribution in [3.63, 3.8) is 0 Å². The molecule has 0 amide bonds. The molecule has 2 heterocycles. The van der Waals surface area contributed by atoms with Gasteiger partial charge in [0.25, 0.3) is 0 Å². The average molecular weight is 296 g/mol. The molecule has 0 saturated carbocycles. The molecule has 0 spiro atoms. The van der Waals surface area contributed by atoms with Crippen LogP contribution in [0.25, 0.3) is 10.1 Å². The molecule has 21 heavy (non-hydrogen) atoms. The lowest BCUT2D eigenvalue weighted by atomic mass is 10.0. The number of hydrogen-bond acceptors (Lipinski definition) is 4. The SMILES string of the molecule is NNC(c1ccc2c(c1)CCO2)c1cc2ccccc2s1. The first-order chi connectivity index (χ1) is 10.3. The van der Waals surface area contributed by atoms with Gasteiger partial charge in [0, 0.05) is 16.0 Å². The Morgan fingerprint density at radius 1 is 1.14 bits per heavy atom. The van der Waals surface area contributed by atoms with Gasteiger partial charge in [0.15, 0.2) is 0 Å². The quantitative estimate of drug-likeness (QED) is 0.575. The predicted molar refractivity (Wildman–Crippen MR) is 86.6 cm³/mol. The summed E-state index contributed by atoms with van der Waals surface area (Å²) in [5, 5.41) is 1.27. The summed E-state index contributed by atoms with van der Waals surface area (Å²) in [6, 6.07) is 17.0. The molecule has 1 atom stereocenters. The van der Waals surface area contributed by atoms with Crippen molar-refractivity contribution in [1.29, 1.82) is 0 Å². The first-order valence-electron chi connectivity index (χ1n) is 7.05.